The highest BCUT2D eigenvalue weighted by molar-refractivity contribution is 5.96. The van der Waals surface area contributed by atoms with Crippen molar-refractivity contribution in [2.24, 2.45) is 0 Å². The summed E-state index contributed by atoms with van der Waals surface area (Å²) in [4.78, 5) is 27.0. The number of amides is 2. The molecule has 0 saturated carbocycles. The number of hydrogen-bond donors (Lipinski definition) is 1. The van der Waals surface area contributed by atoms with E-state index in [2.05, 4.69) is 0 Å². The van der Waals surface area contributed by atoms with Gasteiger partial charge in [0.25, 0.3) is 0 Å². The van der Waals surface area contributed by atoms with Crippen LogP contribution in [-0.4, -0.2) is 40.6 Å². The Hall–Kier alpha value is -2.04. The van der Waals surface area contributed by atoms with Crippen molar-refractivity contribution in [3.63, 3.8) is 0 Å². The normalized spacial score (nSPS) is 16.8. The van der Waals surface area contributed by atoms with Gasteiger partial charge in [-0.2, -0.15) is 0 Å². The summed E-state index contributed by atoms with van der Waals surface area (Å²) in [5, 5.41) is 9.11. The van der Waals surface area contributed by atoms with Crippen molar-refractivity contribution in [2.45, 2.75) is 39.2 Å². The minimum absolute atomic E-state index is 0.224. The Bertz CT molecular complexity index is 537. The van der Waals surface area contributed by atoms with E-state index in [1.54, 1.807) is 17.0 Å². The third-order valence-corrected chi connectivity index (χ3v) is 4.00. The average Bonchev–Trinajstić information content (AvgIpc) is 2.76. The molecule has 1 aromatic carbocycles. The molecule has 1 fully saturated rings. The van der Waals surface area contributed by atoms with Gasteiger partial charge in [-0.25, -0.2) is 4.79 Å². The lowest BCUT2D eigenvalue weighted by molar-refractivity contribution is -0.135. The lowest BCUT2D eigenvalue weighted by Crippen LogP contribution is -2.51. The van der Waals surface area contributed by atoms with E-state index in [1.807, 2.05) is 32.9 Å². The Morgan fingerprint density at radius 1 is 1.29 bits per heavy atom. The fourth-order valence-corrected chi connectivity index (χ4v) is 2.74. The zero-order valence-electron chi connectivity index (χ0n) is 12.8. The number of benzene rings is 1. The summed E-state index contributed by atoms with van der Waals surface area (Å²) < 4.78 is 0. The third kappa shape index (κ3) is 3.35. The van der Waals surface area contributed by atoms with Gasteiger partial charge in [-0.1, -0.05) is 17.7 Å². The number of aryl methyl sites for hydroxylation is 1. The first-order valence-corrected chi connectivity index (χ1v) is 7.19. The smallest absolute Gasteiger partial charge is 0.325 e. The zero-order chi connectivity index (χ0) is 15.6. The molecule has 0 aliphatic carbocycles. The molecule has 1 N–H and O–H groups in total. The standard InChI is InChI=1S/C16H22N2O3/c1-12-5-7-13(8-6-12)17(11-14(19)20)15(21)18-10-4-9-16(18,2)3/h5-8H,4,9-11H2,1-3H3,(H,19,20). The Kier molecular flexibility index (Phi) is 4.21. The maximum Gasteiger partial charge on any atom is 0.325 e. The van der Waals surface area contributed by atoms with E-state index in [9.17, 15) is 9.59 Å². The highest BCUT2D eigenvalue weighted by Gasteiger charge is 2.38. The number of carboxylic acid groups (broad SMARTS) is 1. The minimum atomic E-state index is -1.01. The Morgan fingerprint density at radius 3 is 2.38 bits per heavy atom. The number of nitrogens with zero attached hydrogens (tertiary/aromatic N) is 2. The number of carbonyl (C=O) groups is 2. The highest BCUT2D eigenvalue weighted by Crippen LogP contribution is 2.30. The summed E-state index contributed by atoms with van der Waals surface area (Å²) in [6.45, 7) is 6.34. The molecule has 2 amide bonds. The van der Waals surface area contributed by atoms with E-state index in [0.717, 1.165) is 18.4 Å². The topological polar surface area (TPSA) is 60.9 Å². The minimum Gasteiger partial charge on any atom is -0.480 e. The number of anilines is 1. The fourth-order valence-electron chi connectivity index (χ4n) is 2.74. The van der Waals surface area contributed by atoms with Gasteiger partial charge >= 0.3 is 12.0 Å². The van der Waals surface area contributed by atoms with Gasteiger partial charge in [-0.15, -0.1) is 0 Å². The quantitative estimate of drug-likeness (QED) is 0.931. The summed E-state index contributed by atoms with van der Waals surface area (Å²) >= 11 is 0. The molecule has 0 radical (unpaired) electrons. The Morgan fingerprint density at radius 2 is 1.90 bits per heavy atom. The number of rotatable bonds is 3. The molecule has 0 bridgehead atoms. The molecular weight excluding hydrogens is 268 g/mol. The summed E-state index contributed by atoms with van der Waals surface area (Å²) in [6, 6.07) is 7.11. The SMILES string of the molecule is Cc1ccc(N(CC(=O)O)C(=O)N2CCCC2(C)C)cc1. The maximum atomic E-state index is 12.8. The molecule has 1 aromatic rings. The first-order valence-electron chi connectivity index (χ1n) is 7.19. The van der Waals surface area contributed by atoms with Crippen molar-refractivity contribution in [2.75, 3.05) is 18.0 Å². The van der Waals surface area contributed by atoms with Crippen LogP contribution >= 0.6 is 0 Å². The first-order chi connectivity index (χ1) is 9.81. The van der Waals surface area contributed by atoms with E-state index in [1.165, 1.54) is 4.90 Å². The molecule has 21 heavy (non-hydrogen) atoms. The van der Waals surface area contributed by atoms with Crippen LogP contribution < -0.4 is 4.90 Å². The van der Waals surface area contributed by atoms with Crippen LogP contribution in [0, 0.1) is 6.92 Å². The average molecular weight is 290 g/mol. The third-order valence-electron chi connectivity index (χ3n) is 4.00. The van der Waals surface area contributed by atoms with Gasteiger partial charge < -0.3 is 10.0 Å². The van der Waals surface area contributed by atoms with Crippen LogP contribution in [0.15, 0.2) is 24.3 Å². The second-order valence-electron chi connectivity index (χ2n) is 6.17. The first kappa shape index (κ1) is 15.4. The van der Waals surface area contributed by atoms with Gasteiger partial charge in [-0.05, 0) is 45.7 Å². The molecule has 1 heterocycles. The van der Waals surface area contributed by atoms with E-state index >= 15 is 0 Å². The summed E-state index contributed by atoms with van der Waals surface area (Å²) in [5.41, 5.74) is 1.47. The monoisotopic (exact) mass is 290 g/mol. The van der Waals surface area contributed by atoms with Crippen LogP contribution in [0.5, 0.6) is 0 Å². The van der Waals surface area contributed by atoms with Gasteiger partial charge in [0, 0.05) is 17.8 Å². The van der Waals surface area contributed by atoms with Crippen molar-refractivity contribution in [3.8, 4) is 0 Å². The zero-order valence-corrected chi connectivity index (χ0v) is 12.8. The molecule has 5 heteroatoms. The lowest BCUT2D eigenvalue weighted by Gasteiger charge is -2.35. The fraction of sp³-hybridized carbons (Fsp3) is 0.500. The second kappa shape index (κ2) is 5.76. The van der Waals surface area contributed by atoms with Gasteiger partial charge in [0.05, 0.1) is 0 Å². The van der Waals surface area contributed by atoms with Crippen LogP contribution in [0.4, 0.5) is 10.5 Å². The highest BCUT2D eigenvalue weighted by atomic mass is 16.4. The summed E-state index contributed by atoms with van der Waals surface area (Å²) in [5.74, 6) is -1.01. The molecule has 2 rings (SSSR count). The van der Waals surface area contributed by atoms with E-state index in [4.69, 9.17) is 5.11 Å². The molecule has 114 valence electrons. The molecule has 0 aromatic heterocycles. The molecular formula is C16H22N2O3. The van der Waals surface area contributed by atoms with Gasteiger partial charge in [0.15, 0.2) is 0 Å². The largest absolute Gasteiger partial charge is 0.480 e. The van der Waals surface area contributed by atoms with Crippen LogP contribution in [0.25, 0.3) is 0 Å². The van der Waals surface area contributed by atoms with Crippen molar-refractivity contribution < 1.29 is 14.7 Å². The van der Waals surface area contributed by atoms with Crippen molar-refractivity contribution in [1.29, 1.82) is 0 Å². The number of carboxylic acids is 1. The van der Waals surface area contributed by atoms with Crippen molar-refractivity contribution in [3.05, 3.63) is 29.8 Å². The Balaban J connectivity index is 2.29. The van der Waals surface area contributed by atoms with Gasteiger partial charge in [0.1, 0.15) is 6.54 Å². The predicted molar refractivity (Wildman–Crippen MR) is 81.6 cm³/mol. The summed E-state index contributed by atoms with van der Waals surface area (Å²) in [6.07, 6.45) is 1.89. The Labute approximate surface area is 125 Å². The molecule has 0 atom stereocenters. The van der Waals surface area contributed by atoms with Crippen LogP contribution in [0.2, 0.25) is 0 Å². The lowest BCUT2D eigenvalue weighted by atomic mass is 10.0. The van der Waals surface area contributed by atoms with Crippen molar-refractivity contribution in [1.82, 2.24) is 4.90 Å². The van der Waals surface area contributed by atoms with Crippen LogP contribution in [-0.2, 0) is 4.79 Å². The molecule has 1 saturated heterocycles. The number of hydrogen-bond acceptors (Lipinski definition) is 2. The molecule has 1 aliphatic rings. The van der Waals surface area contributed by atoms with Gasteiger partial charge in [-0.3, -0.25) is 9.69 Å². The van der Waals surface area contributed by atoms with E-state index in [0.29, 0.717) is 12.2 Å². The van der Waals surface area contributed by atoms with Crippen molar-refractivity contribution >= 4 is 17.7 Å². The van der Waals surface area contributed by atoms with E-state index < -0.39 is 5.97 Å². The molecule has 1 aliphatic heterocycles. The second-order valence-corrected chi connectivity index (χ2v) is 6.17. The number of urea groups is 1. The van der Waals surface area contributed by atoms with Gasteiger partial charge in [0.2, 0.25) is 0 Å². The molecule has 5 nitrogen and oxygen atoms in total. The molecule has 0 spiro atoms. The van der Waals surface area contributed by atoms with Crippen LogP contribution in [0.3, 0.4) is 0 Å². The maximum absolute atomic E-state index is 12.8. The number of aliphatic carboxylic acids is 1. The number of carbonyl (C=O) groups excluding carboxylic acids is 1. The molecule has 0 unspecified atom stereocenters. The summed E-state index contributed by atoms with van der Waals surface area (Å²) in [7, 11) is 0. The van der Waals surface area contributed by atoms with Crippen LogP contribution in [0.1, 0.15) is 32.3 Å². The van der Waals surface area contributed by atoms with E-state index in [-0.39, 0.29) is 18.1 Å². The predicted octanol–water partition coefficient (Wildman–Crippen LogP) is 2.88. The number of likely N-dealkylation sites (tertiary alicyclic amines) is 1.